The fraction of sp³-hybridized carbons (Fsp3) is 0.889. The number of hydrogen-bond acceptors (Lipinski definition) is 1. The van der Waals surface area contributed by atoms with E-state index in [1.165, 1.54) is 37.0 Å². The molecule has 0 saturated heterocycles. The van der Waals surface area contributed by atoms with Crippen molar-refractivity contribution in [3.63, 3.8) is 0 Å². The molecular formula is C9H17NO2. The predicted molar refractivity (Wildman–Crippen MR) is 47.2 cm³/mol. The Kier molecular flexibility index (Phi) is 3.38. The molecule has 0 aromatic rings. The van der Waals surface area contributed by atoms with E-state index >= 15 is 0 Å². The van der Waals surface area contributed by atoms with Gasteiger partial charge in [0.1, 0.15) is 0 Å². The first-order valence-electron chi connectivity index (χ1n) is 4.64. The average molecular weight is 171 g/mol. The summed E-state index contributed by atoms with van der Waals surface area (Å²) in [6.07, 6.45) is 5.49. The third kappa shape index (κ3) is 2.72. The fourth-order valence-electron chi connectivity index (χ4n) is 1.84. The van der Waals surface area contributed by atoms with Crippen LogP contribution in [0.3, 0.4) is 0 Å². The van der Waals surface area contributed by atoms with Gasteiger partial charge in [0.2, 0.25) is 0 Å². The van der Waals surface area contributed by atoms with E-state index < -0.39 is 6.09 Å². The van der Waals surface area contributed by atoms with Crippen LogP contribution < -0.4 is 0 Å². The molecule has 0 spiro atoms. The Morgan fingerprint density at radius 3 is 2.50 bits per heavy atom. The van der Waals surface area contributed by atoms with Gasteiger partial charge < -0.3 is 10.0 Å². The highest BCUT2D eigenvalue weighted by Crippen LogP contribution is 2.23. The number of hydrogen-bond donors (Lipinski definition) is 1. The second-order valence-corrected chi connectivity index (χ2v) is 3.67. The van der Waals surface area contributed by atoms with Crippen LogP contribution in [-0.2, 0) is 0 Å². The summed E-state index contributed by atoms with van der Waals surface area (Å²) in [7, 11) is 1.65. The minimum Gasteiger partial charge on any atom is -0.465 e. The first kappa shape index (κ1) is 9.36. The van der Waals surface area contributed by atoms with Crippen molar-refractivity contribution in [1.82, 2.24) is 4.90 Å². The number of rotatable bonds is 2. The zero-order valence-corrected chi connectivity index (χ0v) is 7.62. The largest absolute Gasteiger partial charge is 0.465 e. The van der Waals surface area contributed by atoms with Gasteiger partial charge >= 0.3 is 6.09 Å². The molecule has 1 saturated carbocycles. The van der Waals surface area contributed by atoms with Crippen LogP contribution >= 0.6 is 0 Å². The van der Waals surface area contributed by atoms with Gasteiger partial charge in [-0.3, -0.25) is 0 Å². The molecule has 3 nitrogen and oxygen atoms in total. The minimum absolute atomic E-state index is 0.611. The molecule has 3 heteroatoms. The highest BCUT2D eigenvalue weighted by atomic mass is 16.4. The van der Waals surface area contributed by atoms with Crippen molar-refractivity contribution in [3.05, 3.63) is 0 Å². The van der Waals surface area contributed by atoms with E-state index in [0.717, 1.165) is 6.54 Å². The summed E-state index contributed by atoms with van der Waals surface area (Å²) in [6, 6.07) is 0. The van der Waals surface area contributed by atoms with Crippen molar-refractivity contribution < 1.29 is 9.90 Å². The van der Waals surface area contributed by atoms with Crippen LogP contribution in [0.2, 0.25) is 0 Å². The Morgan fingerprint density at radius 1 is 1.42 bits per heavy atom. The summed E-state index contributed by atoms with van der Waals surface area (Å²) in [5, 5.41) is 8.64. The van der Waals surface area contributed by atoms with E-state index in [0.29, 0.717) is 5.92 Å². The number of carboxylic acid groups (broad SMARTS) is 1. The fourth-order valence-corrected chi connectivity index (χ4v) is 1.84. The molecule has 0 unspecified atom stereocenters. The summed E-state index contributed by atoms with van der Waals surface area (Å²) in [5.41, 5.74) is 0. The first-order valence-corrected chi connectivity index (χ1v) is 4.64. The topological polar surface area (TPSA) is 40.5 Å². The highest BCUT2D eigenvalue weighted by Gasteiger charge is 2.17. The van der Waals surface area contributed by atoms with E-state index in [4.69, 9.17) is 5.11 Å². The van der Waals surface area contributed by atoms with E-state index in [2.05, 4.69) is 0 Å². The Balaban J connectivity index is 2.24. The van der Waals surface area contributed by atoms with Crippen molar-refractivity contribution in [1.29, 1.82) is 0 Å². The predicted octanol–water partition coefficient (Wildman–Crippen LogP) is 2.18. The van der Waals surface area contributed by atoms with E-state index in [-0.39, 0.29) is 0 Å². The van der Waals surface area contributed by atoms with Crippen LogP contribution in [0.4, 0.5) is 4.79 Å². The summed E-state index contributed by atoms with van der Waals surface area (Å²) in [6.45, 7) is 0.718. The Hall–Kier alpha value is -0.730. The van der Waals surface area contributed by atoms with Crippen molar-refractivity contribution in [2.75, 3.05) is 13.6 Å². The molecule has 1 amide bonds. The molecule has 1 fully saturated rings. The number of carbonyl (C=O) groups is 1. The lowest BCUT2D eigenvalue weighted by Gasteiger charge is -2.25. The molecule has 0 aliphatic heterocycles. The van der Waals surface area contributed by atoms with Gasteiger partial charge in [0.15, 0.2) is 0 Å². The summed E-state index contributed by atoms with van der Waals surface area (Å²) < 4.78 is 0. The van der Waals surface area contributed by atoms with Crippen LogP contribution in [-0.4, -0.2) is 29.7 Å². The molecule has 70 valence electrons. The molecule has 12 heavy (non-hydrogen) atoms. The molecule has 1 aliphatic rings. The lowest BCUT2D eigenvalue weighted by molar-refractivity contribution is 0.143. The Labute approximate surface area is 73.4 Å². The van der Waals surface area contributed by atoms with Gasteiger partial charge in [-0.15, -0.1) is 0 Å². The SMILES string of the molecule is CN(CC1CCCCC1)C(=O)O. The van der Waals surface area contributed by atoms with Gasteiger partial charge in [0, 0.05) is 13.6 Å². The third-order valence-corrected chi connectivity index (χ3v) is 2.58. The van der Waals surface area contributed by atoms with Gasteiger partial charge in [-0.1, -0.05) is 19.3 Å². The van der Waals surface area contributed by atoms with Gasteiger partial charge in [0.25, 0.3) is 0 Å². The summed E-state index contributed by atoms with van der Waals surface area (Å²) in [4.78, 5) is 11.9. The third-order valence-electron chi connectivity index (χ3n) is 2.58. The summed E-state index contributed by atoms with van der Waals surface area (Å²) >= 11 is 0. The lowest BCUT2D eigenvalue weighted by Crippen LogP contribution is -2.31. The quantitative estimate of drug-likeness (QED) is 0.691. The second-order valence-electron chi connectivity index (χ2n) is 3.67. The van der Waals surface area contributed by atoms with Crippen molar-refractivity contribution in [2.24, 2.45) is 5.92 Å². The lowest BCUT2D eigenvalue weighted by atomic mass is 9.89. The maximum Gasteiger partial charge on any atom is 0.407 e. The second kappa shape index (κ2) is 4.33. The van der Waals surface area contributed by atoms with Crippen LogP contribution in [0, 0.1) is 5.92 Å². The molecule has 0 atom stereocenters. The minimum atomic E-state index is -0.805. The highest BCUT2D eigenvalue weighted by molar-refractivity contribution is 5.64. The molecule has 1 aliphatic carbocycles. The molecule has 0 aromatic carbocycles. The van der Waals surface area contributed by atoms with E-state index in [1.807, 2.05) is 0 Å². The van der Waals surface area contributed by atoms with Gasteiger partial charge in [-0.25, -0.2) is 4.79 Å². The maximum atomic E-state index is 10.5. The Bertz CT molecular complexity index is 153. The molecule has 0 heterocycles. The normalized spacial score (nSPS) is 19.1. The Morgan fingerprint density at radius 2 is 2.00 bits per heavy atom. The van der Waals surface area contributed by atoms with Gasteiger partial charge in [0.05, 0.1) is 0 Å². The number of nitrogens with zero attached hydrogens (tertiary/aromatic N) is 1. The number of amides is 1. The zero-order chi connectivity index (χ0) is 8.97. The molecule has 1 rings (SSSR count). The molecular weight excluding hydrogens is 154 g/mol. The smallest absolute Gasteiger partial charge is 0.407 e. The first-order chi connectivity index (χ1) is 5.70. The standard InChI is InChI=1S/C9H17NO2/c1-10(9(11)12)7-8-5-3-2-4-6-8/h8H,2-7H2,1H3,(H,11,12). The zero-order valence-electron chi connectivity index (χ0n) is 7.62. The van der Waals surface area contributed by atoms with Crippen molar-refractivity contribution in [3.8, 4) is 0 Å². The van der Waals surface area contributed by atoms with Crippen LogP contribution in [0.5, 0.6) is 0 Å². The average Bonchev–Trinajstić information content (AvgIpc) is 2.06. The molecule has 0 aromatic heterocycles. The van der Waals surface area contributed by atoms with E-state index in [9.17, 15) is 4.79 Å². The van der Waals surface area contributed by atoms with Crippen molar-refractivity contribution >= 4 is 6.09 Å². The molecule has 1 N–H and O–H groups in total. The van der Waals surface area contributed by atoms with Gasteiger partial charge in [-0.2, -0.15) is 0 Å². The van der Waals surface area contributed by atoms with Crippen molar-refractivity contribution in [2.45, 2.75) is 32.1 Å². The maximum absolute atomic E-state index is 10.5. The van der Waals surface area contributed by atoms with Crippen LogP contribution in [0.1, 0.15) is 32.1 Å². The van der Waals surface area contributed by atoms with Gasteiger partial charge in [-0.05, 0) is 18.8 Å². The van der Waals surface area contributed by atoms with E-state index in [1.54, 1.807) is 7.05 Å². The monoisotopic (exact) mass is 171 g/mol. The summed E-state index contributed by atoms with van der Waals surface area (Å²) in [5.74, 6) is 0.611. The molecule has 0 bridgehead atoms. The molecule has 0 radical (unpaired) electrons. The van der Waals surface area contributed by atoms with Crippen LogP contribution in [0.15, 0.2) is 0 Å². The van der Waals surface area contributed by atoms with Crippen LogP contribution in [0.25, 0.3) is 0 Å².